The summed E-state index contributed by atoms with van der Waals surface area (Å²) in [7, 11) is 0. The summed E-state index contributed by atoms with van der Waals surface area (Å²) in [6.45, 7) is 1.87. The lowest BCUT2D eigenvalue weighted by molar-refractivity contribution is -0.132. The maximum Gasteiger partial charge on any atom is 0.338 e. The number of carbonyl (C=O) groups is 1. The van der Waals surface area contributed by atoms with Crippen LogP contribution in [0.25, 0.3) is 0 Å². The van der Waals surface area contributed by atoms with Crippen LogP contribution >= 0.6 is 15.9 Å². The number of hydrogen-bond donors (Lipinski definition) is 1. The number of alkyl halides is 1. The van der Waals surface area contributed by atoms with Gasteiger partial charge in [-0.1, -0.05) is 28.9 Å². The molecule has 1 aliphatic carbocycles. The van der Waals surface area contributed by atoms with E-state index in [1.165, 1.54) is 12.2 Å². The van der Waals surface area contributed by atoms with E-state index >= 15 is 0 Å². The van der Waals surface area contributed by atoms with Gasteiger partial charge in [0, 0.05) is 5.33 Å². The summed E-state index contributed by atoms with van der Waals surface area (Å²) in [5.41, 5.74) is -0.218. The van der Waals surface area contributed by atoms with Crippen LogP contribution in [0.3, 0.4) is 0 Å². The van der Waals surface area contributed by atoms with Crippen molar-refractivity contribution in [1.29, 1.82) is 0 Å². The SMILES string of the molecule is CC1C=C(C(=O)O)C(F)=CC1CBr. The Morgan fingerprint density at radius 2 is 2.31 bits per heavy atom. The number of halogens is 2. The molecule has 0 aromatic rings. The minimum Gasteiger partial charge on any atom is -0.478 e. The molecule has 2 unspecified atom stereocenters. The van der Waals surface area contributed by atoms with E-state index in [2.05, 4.69) is 15.9 Å². The first kappa shape index (κ1) is 10.4. The first-order chi connectivity index (χ1) is 6.06. The third kappa shape index (κ3) is 2.18. The van der Waals surface area contributed by atoms with Gasteiger partial charge in [0.05, 0.1) is 5.57 Å². The van der Waals surface area contributed by atoms with Crippen LogP contribution in [-0.4, -0.2) is 16.4 Å². The van der Waals surface area contributed by atoms with Crippen molar-refractivity contribution in [1.82, 2.24) is 0 Å². The molecule has 1 N–H and O–H groups in total. The second-order valence-electron chi connectivity index (χ2n) is 3.08. The molecule has 13 heavy (non-hydrogen) atoms. The molecule has 0 radical (unpaired) electrons. The first-order valence-corrected chi connectivity index (χ1v) is 5.07. The predicted octanol–water partition coefficient (Wildman–Crippen LogP) is 2.51. The Hall–Kier alpha value is -0.640. The average molecular weight is 249 g/mol. The fourth-order valence-corrected chi connectivity index (χ4v) is 2.03. The standard InChI is InChI=1S/C9H10BrFO2/c1-5-2-7(9(12)13)8(11)3-6(5)4-10/h2-3,5-6H,4H2,1H3,(H,12,13). The molecule has 72 valence electrons. The first-order valence-electron chi connectivity index (χ1n) is 3.95. The zero-order chi connectivity index (χ0) is 10.0. The van der Waals surface area contributed by atoms with E-state index in [1.807, 2.05) is 6.92 Å². The highest BCUT2D eigenvalue weighted by atomic mass is 79.9. The Labute approximate surface area is 84.3 Å². The Kier molecular flexibility index (Phi) is 3.25. The van der Waals surface area contributed by atoms with Gasteiger partial charge in [-0.3, -0.25) is 0 Å². The molecular formula is C9H10BrFO2. The third-order valence-corrected chi connectivity index (χ3v) is 2.88. The Morgan fingerprint density at radius 1 is 1.69 bits per heavy atom. The molecule has 0 spiro atoms. The predicted molar refractivity (Wildman–Crippen MR) is 51.4 cm³/mol. The van der Waals surface area contributed by atoms with E-state index in [4.69, 9.17) is 5.11 Å². The van der Waals surface area contributed by atoms with Crippen LogP contribution in [0, 0.1) is 11.8 Å². The molecule has 1 rings (SSSR count). The number of aliphatic carboxylic acids is 1. The second kappa shape index (κ2) is 4.05. The van der Waals surface area contributed by atoms with Gasteiger partial charge >= 0.3 is 5.97 Å². The molecule has 0 saturated carbocycles. The van der Waals surface area contributed by atoms with Gasteiger partial charge < -0.3 is 5.11 Å². The normalized spacial score (nSPS) is 27.9. The summed E-state index contributed by atoms with van der Waals surface area (Å²) >= 11 is 3.25. The number of rotatable bonds is 2. The number of hydrogen-bond acceptors (Lipinski definition) is 1. The summed E-state index contributed by atoms with van der Waals surface area (Å²) in [6.07, 6.45) is 2.83. The largest absolute Gasteiger partial charge is 0.478 e. The smallest absolute Gasteiger partial charge is 0.338 e. The van der Waals surface area contributed by atoms with Crippen molar-refractivity contribution in [2.45, 2.75) is 6.92 Å². The highest BCUT2D eigenvalue weighted by Crippen LogP contribution is 2.29. The minimum absolute atomic E-state index is 0.0445. The van der Waals surface area contributed by atoms with Crippen LogP contribution in [0.4, 0.5) is 4.39 Å². The monoisotopic (exact) mass is 248 g/mol. The second-order valence-corrected chi connectivity index (χ2v) is 3.72. The van der Waals surface area contributed by atoms with Crippen molar-refractivity contribution >= 4 is 21.9 Å². The van der Waals surface area contributed by atoms with Gasteiger partial charge in [0.2, 0.25) is 0 Å². The molecular weight excluding hydrogens is 239 g/mol. The lowest BCUT2D eigenvalue weighted by atomic mass is 9.88. The van der Waals surface area contributed by atoms with Crippen LogP contribution in [0.2, 0.25) is 0 Å². The Balaban J connectivity index is 2.93. The molecule has 0 amide bonds. The molecule has 0 aliphatic heterocycles. The molecule has 4 heteroatoms. The summed E-state index contributed by atoms with van der Waals surface area (Å²) in [5, 5.41) is 9.27. The fourth-order valence-electron chi connectivity index (χ4n) is 1.25. The lowest BCUT2D eigenvalue weighted by Gasteiger charge is -2.20. The van der Waals surface area contributed by atoms with Crippen LogP contribution < -0.4 is 0 Å². The zero-order valence-corrected chi connectivity index (χ0v) is 8.71. The van der Waals surface area contributed by atoms with Crippen LogP contribution in [0.5, 0.6) is 0 Å². The quantitative estimate of drug-likeness (QED) is 0.763. The average Bonchev–Trinajstić information content (AvgIpc) is 2.07. The number of allylic oxidation sites excluding steroid dienone is 2. The Bertz CT molecular complexity index is 283. The van der Waals surface area contributed by atoms with Gasteiger partial charge in [0.25, 0.3) is 0 Å². The van der Waals surface area contributed by atoms with Crippen molar-refractivity contribution in [3.8, 4) is 0 Å². The number of carboxylic acids is 1. The van der Waals surface area contributed by atoms with E-state index in [9.17, 15) is 9.18 Å². The minimum atomic E-state index is -1.20. The summed E-state index contributed by atoms with van der Waals surface area (Å²) in [6, 6.07) is 0. The highest BCUT2D eigenvalue weighted by Gasteiger charge is 2.24. The summed E-state index contributed by atoms with van der Waals surface area (Å²) in [5.74, 6) is -1.73. The van der Waals surface area contributed by atoms with E-state index in [0.717, 1.165) is 0 Å². The molecule has 2 nitrogen and oxygen atoms in total. The van der Waals surface area contributed by atoms with Gasteiger partial charge in [0.15, 0.2) is 0 Å². The van der Waals surface area contributed by atoms with E-state index in [-0.39, 0.29) is 17.4 Å². The third-order valence-electron chi connectivity index (χ3n) is 2.13. The molecule has 0 bridgehead atoms. The van der Waals surface area contributed by atoms with E-state index in [1.54, 1.807) is 0 Å². The highest BCUT2D eigenvalue weighted by molar-refractivity contribution is 9.09. The van der Waals surface area contributed by atoms with E-state index < -0.39 is 11.8 Å². The van der Waals surface area contributed by atoms with Gasteiger partial charge in [-0.05, 0) is 17.9 Å². The van der Waals surface area contributed by atoms with Crippen molar-refractivity contribution in [3.05, 3.63) is 23.6 Å². The maximum atomic E-state index is 13.1. The molecule has 0 saturated heterocycles. The number of carboxylic acid groups (broad SMARTS) is 1. The van der Waals surface area contributed by atoms with Crippen LogP contribution in [0.15, 0.2) is 23.6 Å². The molecule has 2 atom stereocenters. The van der Waals surface area contributed by atoms with Gasteiger partial charge in [-0.2, -0.15) is 0 Å². The summed E-state index contributed by atoms with van der Waals surface area (Å²) < 4.78 is 13.1. The molecule has 0 aromatic carbocycles. The van der Waals surface area contributed by atoms with Crippen molar-refractivity contribution < 1.29 is 14.3 Å². The van der Waals surface area contributed by atoms with Crippen molar-refractivity contribution in [2.24, 2.45) is 11.8 Å². The summed E-state index contributed by atoms with van der Waals surface area (Å²) in [4.78, 5) is 10.5. The van der Waals surface area contributed by atoms with Crippen molar-refractivity contribution in [3.63, 3.8) is 0 Å². The van der Waals surface area contributed by atoms with Gasteiger partial charge in [-0.15, -0.1) is 0 Å². The molecule has 0 aromatic heterocycles. The fraction of sp³-hybridized carbons (Fsp3) is 0.444. The van der Waals surface area contributed by atoms with Gasteiger partial charge in [0.1, 0.15) is 5.83 Å². The lowest BCUT2D eigenvalue weighted by Crippen LogP contribution is -2.17. The van der Waals surface area contributed by atoms with Crippen molar-refractivity contribution in [2.75, 3.05) is 5.33 Å². The maximum absolute atomic E-state index is 13.1. The van der Waals surface area contributed by atoms with Crippen LogP contribution in [0.1, 0.15) is 6.92 Å². The van der Waals surface area contributed by atoms with Crippen LogP contribution in [-0.2, 0) is 4.79 Å². The Morgan fingerprint density at radius 3 is 2.77 bits per heavy atom. The molecule has 1 aliphatic rings. The zero-order valence-electron chi connectivity index (χ0n) is 7.13. The molecule has 0 fully saturated rings. The molecule has 0 heterocycles. The van der Waals surface area contributed by atoms with E-state index in [0.29, 0.717) is 5.33 Å². The van der Waals surface area contributed by atoms with Gasteiger partial charge in [-0.25, -0.2) is 9.18 Å². The topological polar surface area (TPSA) is 37.3 Å².